The SMILES string of the molecule is CC(C)(C)OC(=O)NCc1ccc(OCC([NH])=O)cc1. The summed E-state index contributed by atoms with van der Waals surface area (Å²) in [6.45, 7) is 5.47. The first-order chi connectivity index (χ1) is 9.26. The molecule has 0 bridgehead atoms. The van der Waals surface area contributed by atoms with Crippen LogP contribution in [0.15, 0.2) is 24.3 Å². The molecule has 0 spiro atoms. The predicted molar refractivity (Wildman–Crippen MR) is 73.1 cm³/mol. The van der Waals surface area contributed by atoms with E-state index in [1.165, 1.54) is 0 Å². The molecular formula is C14H19N2O4. The van der Waals surface area contributed by atoms with Crippen LogP contribution in [0.25, 0.3) is 0 Å². The van der Waals surface area contributed by atoms with Crippen molar-refractivity contribution >= 4 is 12.0 Å². The summed E-state index contributed by atoms with van der Waals surface area (Å²) < 4.78 is 10.2. The summed E-state index contributed by atoms with van der Waals surface area (Å²) in [5.41, 5.74) is 7.08. The van der Waals surface area contributed by atoms with E-state index in [4.69, 9.17) is 15.2 Å². The molecule has 6 nitrogen and oxygen atoms in total. The highest BCUT2D eigenvalue weighted by Crippen LogP contribution is 2.12. The lowest BCUT2D eigenvalue weighted by Crippen LogP contribution is -2.32. The monoisotopic (exact) mass is 279 g/mol. The lowest BCUT2D eigenvalue weighted by atomic mass is 10.2. The topological polar surface area (TPSA) is 88.4 Å². The smallest absolute Gasteiger partial charge is 0.407 e. The lowest BCUT2D eigenvalue weighted by Gasteiger charge is -2.19. The van der Waals surface area contributed by atoms with Gasteiger partial charge >= 0.3 is 6.09 Å². The number of nitrogens with one attached hydrogen (secondary N) is 2. The van der Waals surface area contributed by atoms with Crippen LogP contribution in [0.2, 0.25) is 0 Å². The Morgan fingerprint density at radius 2 is 1.80 bits per heavy atom. The standard InChI is InChI=1S/C14H19N2O4/c1-14(2,3)20-13(18)16-8-10-4-6-11(7-5-10)19-9-12(15)17/h4-7,15H,8-9H2,1-3H3,(H,16,18). The first-order valence-corrected chi connectivity index (χ1v) is 6.19. The molecule has 2 amide bonds. The third-order valence-corrected chi connectivity index (χ3v) is 2.13. The van der Waals surface area contributed by atoms with Crippen molar-refractivity contribution < 1.29 is 19.1 Å². The zero-order valence-corrected chi connectivity index (χ0v) is 11.9. The van der Waals surface area contributed by atoms with Crippen LogP contribution in [0, 0.1) is 0 Å². The van der Waals surface area contributed by atoms with Crippen molar-refractivity contribution in [3.05, 3.63) is 29.8 Å². The minimum Gasteiger partial charge on any atom is -0.484 e. The molecule has 1 aromatic carbocycles. The predicted octanol–water partition coefficient (Wildman–Crippen LogP) is 1.90. The van der Waals surface area contributed by atoms with Crippen molar-refractivity contribution in [2.24, 2.45) is 0 Å². The van der Waals surface area contributed by atoms with Gasteiger partial charge in [0.1, 0.15) is 11.4 Å². The minimum atomic E-state index is -0.777. The summed E-state index contributed by atoms with van der Waals surface area (Å²) in [6.07, 6.45) is -0.474. The zero-order valence-electron chi connectivity index (χ0n) is 11.9. The van der Waals surface area contributed by atoms with E-state index in [9.17, 15) is 9.59 Å². The molecule has 1 rings (SSSR count). The molecule has 1 aromatic rings. The van der Waals surface area contributed by atoms with E-state index in [1.54, 1.807) is 45.0 Å². The fourth-order valence-corrected chi connectivity index (χ4v) is 1.34. The van der Waals surface area contributed by atoms with Crippen molar-refractivity contribution in [1.29, 1.82) is 0 Å². The van der Waals surface area contributed by atoms with Gasteiger partial charge in [-0.25, -0.2) is 4.79 Å². The maximum atomic E-state index is 11.5. The molecule has 0 aliphatic rings. The summed E-state index contributed by atoms with van der Waals surface area (Å²) in [7, 11) is 0. The molecule has 0 unspecified atom stereocenters. The van der Waals surface area contributed by atoms with Gasteiger partial charge in [-0.1, -0.05) is 12.1 Å². The van der Waals surface area contributed by atoms with Gasteiger partial charge in [0.2, 0.25) is 0 Å². The van der Waals surface area contributed by atoms with Crippen molar-refractivity contribution in [1.82, 2.24) is 11.1 Å². The Morgan fingerprint density at radius 1 is 1.20 bits per heavy atom. The number of alkyl carbamates (subject to hydrolysis) is 1. The van der Waals surface area contributed by atoms with Gasteiger partial charge in [-0.15, -0.1) is 0 Å². The van der Waals surface area contributed by atoms with E-state index in [0.717, 1.165) is 5.56 Å². The number of rotatable bonds is 5. The Labute approximate surface area is 118 Å². The summed E-state index contributed by atoms with van der Waals surface area (Å²) in [5.74, 6) is -0.271. The number of hydrogen-bond acceptors (Lipinski definition) is 4. The fourth-order valence-electron chi connectivity index (χ4n) is 1.34. The number of benzene rings is 1. The quantitative estimate of drug-likeness (QED) is 0.891. The van der Waals surface area contributed by atoms with Crippen LogP contribution >= 0.6 is 0 Å². The van der Waals surface area contributed by atoms with Crippen molar-refractivity contribution in [2.75, 3.05) is 6.61 Å². The minimum absolute atomic E-state index is 0.268. The van der Waals surface area contributed by atoms with Crippen LogP contribution in [0.4, 0.5) is 4.79 Å². The number of hydrogen-bond donors (Lipinski definition) is 1. The lowest BCUT2D eigenvalue weighted by molar-refractivity contribution is -0.120. The second-order valence-corrected chi connectivity index (χ2v) is 5.21. The Bertz CT molecular complexity index is 463. The molecule has 0 saturated carbocycles. The van der Waals surface area contributed by atoms with Gasteiger partial charge in [0.25, 0.3) is 5.91 Å². The molecule has 6 heteroatoms. The third kappa shape index (κ3) is 6.63. The molecule has 1 radical (unpaired) electrons. The molecule has 20 heavy (non-hydrogen) atoms. The highest BCUT2D eigenvalue weighted by atomic mass is 16.6. The number of amides is 2. The van der Waals surface area contributed by atoms with Crippen molar-refractivity contribution in [2.45, 2.75) is 32.9 Å². The van der Waals surface area contributed by atoms with E-state index in [-0.39, 0.29) is 6.61 Å². The summed E-state index contributed by atoms with van der Waals surface area (Å²) in [6, 6.07) is 6.88. The number of carbonyl (C=O) groups is 2. The normalized spacial score (nSPS) is 10.8. The van der Waals surface area contributed by atoms with E-state index < -0.39 is 17.6 Å². The molecule has 0 saturated heterocycles. The van der Waals surface area contributed by atoms with Gasteiger partial charge in [-0.05, 0) is 38.5 Å². The second kappa shape index (κ2) is 6.79. The Balaban J connectivity index is 2.42. The second-order valence-electron chi connectivity index (χ2n) is 5.21. The number of carbonyl (C=O) groups excluding carboxylic acids is 2. The molecule has 0 aromatic heterocycles. The first-order valence-electron chi connectivity index (χ1n) is 6.19. The van der Waals surface area contributed by atoms with Gasteiger partial charge in [0, 0.05) is 6.54 Å². The Morgan fingerprint density at radius 3 is 2.30 bits per heavy atom. The highest BCUT2D eigenvalue weighted by molar-refractivity contribution is 5.74. The van der Waals surface area contributed by atoms with Crippen LogP contribution < -0.4 is 15.8 Å². The maximum Gasteiger partial charge on any atom is 0.407 e. The molecule has 0 heterocycles. The highest BCUT2D eigenvalue weighted by Gasteiger charge is 2.15. The van der Waals surface area contributed by atoms with Crippen LogP contribution in [0.1, 0.15) is 26.3 Å². The zero-order chi connectivity index (χ0) is 15.2. The molecule has 2 N–H and O–H groups in total. The van der Waals surface area contributed by atoms with Crippen LogP contribution in [-0.2, 0) is 16.1 Å². The van der Waals surface area contributed by atoms with E-state index >= 15 is 0 Å². The van der Waals surface area contributed by atoms with E-state index in [2.05, 4.69) is 5.32 Å². The van der Waals surface area contributed by atoms with E-state index in [1.807, 2.05) is 0 Å². The maximum absolute atomic E-state index is 11.5. The van der Waals surface area contributed by atoms with Crippen molar-refractivity contribution in [3.63, 3.8) is 0 Å². The first kappa shape index (κ1) is 15.8. The Hall–Kier alpha value is -2.24. The summed E-state index contributed by atoms with van der Waals surface area (Å²) >= 11 is 0. The third-order valence-electron chi connectivity index (χ3n) is 2.13. The molecule has 0 fully saturated rings. The average Bonchev–Trinajstić information content (AvgIpc) is 2.33. The average molecular weight is 279 g/mol. The van der Waals surface area contributed by atoms with Gasteiger partial charge in [0.15, 0.2) is 6.61 Å². The molecule has 109 valence electrons. The van der Waals surface area contributed by atoms with Gasteiger partial charge < -0.3 is 14.8 Å². The number of ether oxygens (including phenoxy) is 2. The Kier molecular flexibility index (Phi) is 5.37. The molecule has 0 atom stereocenters. The summed E-state index contributed by atoms with van der Waals surface area (Å²) in [4.78, 5) is 21.9. The van der Waals surface area contributed by atoms with Crippen molar-refractivity contribution in [3.8, 4) is 5.75 Å². The molecular weight excluding hydrogens is 260 g/mol. The van der Waals surface area contributed by atoms with Gasteiger partial charge in [0.05, 0.1) is 0 Å². The van der Waals surface area contributed by atoms with Crippen LogP contribution in [-0.4, -0.2) is 24.2 Å². The van der Waals surface area contributed by atoms with E-state index in [0.29, 0.717) is 12.3 Å². The summed E-state index contributed by atoms with van der Waals surface area (Å²) in [5, 5.41) is 2.64. The van der Waals surface area contributed by atoms with Gasteiger partial charge in [-0.3, -0.25) is 10.5 Å². The molecule has 0 aliphatic heterocycles. The van der Waals surface area contributed by atoms with Crippen LogP contribution in [0.3, 0.4) is 0 Å². The van der Waals surface area contributed by atoms with Gasteiger partial charge in [-0.2, -0.15) is 0 Å². The largest absolute Gasteiger partial charge is 0.484 e. The fraction of sp³-hybridized carbons (Fsp3) is 0.429. The van der Waals surface area contributed by atoms with Crippen LogP contribution in [0.5, 0.6) is 5.75 Å². The molecule has 0 aliphatic carbocycles.